The molecule has 0 aliphatic rings. The summed E-state index contributed by atoms with van der Waals surface area (Å²) in [4.78, 5) is 10.2. The fourth-order valence-electron chi connectivity index (χ4n) is 5.55. The fraction of sp³-hybridized carbons (Fsp3) is 0.118. The molecule has 7 rings (SSSR count). The minimum atomic E-state index is 0.270. The van der Waals surface area contributed by atoms with E-state index in [1.165, 1.54) is 5.69 Å². The molecule has 0 unspecified atom stereocenters. The predicted molar refractivity (Wildman–Crippen MR) is 159 cm³/mol. The number of allylic oxidation sites excluding steroid dienone is 1. The molecule has 0 amide bonds. The second-order valence-corrected chi connectivity index (χ2v) is 10.1. The third-order valence-corrected chi connectivity index (χ3v) is 7.21. The van der Waals surface area contributed by atoms with Crippen LogP contribution in [0.4, 0.5) is 0 Å². The summed E-state index contributed by atoms with van der Waals surface area (Å²) in [6.45, 7) is 6.52. The van der Waals surface area contributed by atoms with Crippen molar-refractivity contribution < 1.29 is 4.42 Å². The second kappa shape index (κ2) is 9.14. The van der Waals surface area contributed by atoms with Crippen molar-refractivity contribution in [1.82, 2.24) is 18.9 Å². The number of aromatic nitrogens is 4. The first-order valence-electron chi connectivity index (χ1n) is 13.3. The third kappa shape index (κ3) is 3.69. The number of benzene rings is 3. The largest absolute Gasteiger partial charge is 0.452 e. The molecule has 0 spiro atoms. The van der Waals surface area contributed by atoms with Gasteiger partial charge in [0.2, 0.25) is 0 Å². The summed E-state index contributed by atoms with van der Waals surface area (Å²) in [6, 6.07) is 30.8. The molecule has 39 heavy (non-hydrogen) atoms. The highest BCUT2D eigenvalue weighted by molar-refractivity contribution is 6.10. The lowest BCUT2D eigenvalue weighted by Crippen LogP contribution is -2.05. The normalized spacial score (nSPS) is 12.1. The number of hydrogen-bond donors (Lipinski definition) is 0. The molecular weight excluding hydrogens is 480 g/mol. The summed E-state index contributed by atoms with van der Waals surface area (Å²) < 4.78 is 11.0. The first kappa shape index (κ1) is 23.2. The van der Waals surface area contributed by atoms with Crippen LogP contribution in [-0.2, 0) is 0 Å². The molecule has 0 radical (unpaired) electrons. The quantitative estimate of drug-likeness (QED) is 0.233. The molecule has 0 fully saturated rings. The molecule has 4 aromatic heterocycles. The van der Waals surface area contributed by atoms with Gasteiger partial charge >= 0.3 is 0 Å². The standard InChI is InChI=1S/C34H28N4O/c1-4-13-28-31(22(2)3)37-21-26-25-18-11-12-19-29(25)39-32(26)34(37)38(28)30-20-27(23-14-7-5-8-15-23)35-33(36-30)24-16-9-6-10-17-24/h4-22H,1-3H3/b13-4-. The number of para-hydroxylation sites is 1. The van der Waals surface area contributed by atoms with Crippen LogP contribution in [0.3, 0.4) is 0 Å². The van der Waals surface area contributed by atoms with Gasteiger partial charge in [-0.15, -0.1) is 0 Å². The third-order valence-electron chi connectivity index (χ3n) is 7.21. The maximum absolute atomic E-state index is 6.51. The number of nitrogens with zero attached hydrogens (tertiary/aromatic N) is 4. The Morgan fingerprint density at radius 1 is 0.795 bits per heavy atom. The number of hydrogen-bond acceptors (Lipinski definition) is 3. The van der Waals surface area contributed by atoms with Gasteiger partial charge in [-0.1, -0.05) is 98.8 Å². The van der Waals surface area contributed by atoms with Gasteiger partial charge in [-0.3, -0.25) is 4.57 Å². The van der Waals surface area contributed by atoms with E-state index in [2.05, 4.69) is 90.6 Å². The van der Waals surface area contributed by atoms with Gasteiger partial charge in [-0.2, -0.15) is 0 Å². The van der Waals surface area contributed by atoms with Crippen molar-refractivity contribution in [3.8, 4) is 28.5 Å². The SMILES string of the molecule is C/C=C\c1c(C(C)C)n2cc3c4ccccc4oc3c2n1-c1cc(-c2ccccc2)nc(-c2ccccc2)n1. The summed E-state index contributed by atoms with van der Waals surface area (Å²) in [6.07, 6.45) is 6.47. The minimum Gasteiger partial charge on any atom is -0.452 e. The monoisotopic (exact) mass is 508 g/mol. The molecule has 4 heterocycles. The van der Waals surface area contributed by atoms with Crippen molar-refractivity contribution in [2.24, 2.45) is 0 Å². The van der Waals surface area contributed by atoms with Gasteiger partial charge < -0.3 is 8.82 Å². The van der Waals surface area contributed by atoms with Crippen molar-refractivity contribution >= 4 is 33.7 Å². The van der Waals surface area contributed by atoms with Crippen LogP contribution in [0.1, 0.15) is 38.1 Å². The first-order valence-corrected chi connectivity index (χ1v) is 13.3. The number of furan rings is 1. The van der Waals surface area contributed by atoms with Crippen molar-refractivity contribution in [1.29, 1.82) is 0 Å². The predicted octanol–water partition coefficient (Wildman–Crippen LogP) is 8.91. The topological polar surface area (TPSA) is 48.3 Å². The van der Waals surface area contributed by atoms with Gasteiger partial charge in [0.15, 0.2) is 17.1 Å². The lowest BCUT2D eigenvalue weighted by atomic mass is 10.1. The minimum absolute atomic E-state index is 0.270. The molecule has 0 aliphatic heterocycles. The highest BCUT2D eigenvalue weighted by Gasteiger charge is 2.26. The highest BCUT2D eigenvalue weighted by Crippen LogP contribution is 2.39. The Labute approximate surface area is 226 Å². The molecule has 0 saturated carbocycles. The number of imidazole rings is 1. The molecule has 0 N–H and O–H groups in total. The molecule has 0 bridgehead atoms. The van der Waals surface area contributed by atoms with Gasteiger partial charge in [0.1, 0.15) is 11.4 Å². The molecule has 0 aliphatic carbocycles. The Kier molecular flexibility index (Phi) is 5.44. The average molecular weight is 509 g/mol. The van der Waals surface area contributed by atoms with Gasteiger partial charge in [0.05, 0.1) is 17.1 Å². The number of fused-ring (bicyclic) bond motifs is 5. The van der Waals surface area contributed by atoms with Crippen LogP contribution in [0, 0.1) is 0 Å². The van der Waals surface area contributed by atoms with Crippen molar-refractivity contribution in [2.45, 2.75) is 26.7 Å². The van der Waals surface area contributed by atoms with E-state index < -0.39 is 0 Å². The van der Waals surface area contributed by atoms with Crippen LogP contribution in [-0.4, -0.2) is 18.9 Å². The van der Waals surface area contributed by atoms with E-state index in [4.69, 9.17) is 14.4 Å². The average Bonchev–Trinajstić information content (AvgIpc) is 3.61. The Morgan fingerprint density at radius 2 is 1.49 bits per heavy atom. The Bertz CT molecular complexity index is 1930. The maximum Gasteiger partial charge on any atom is 0.178 e. The van der Waals surface area contributed by atoms with E-state index in [1.54, 1.807) is 0 Å². The molecule has 0 atom stereocenters. The number of rotatable bonds is 5. The van der Waals surface area contributed by atoms with E-state index in [1.807, 2.05) is 48.5 Å². The van der Waals surface area contributed by atoms with Crippen molar-refractivity contribution in [3.63, 3.8) is 0 Å². The molecular formula is C34H28N4O. The lowest BCUT2D eigenvalue weighted by molar-refractivity contribution is 0.669. The van der Waals surface area contributed by atoms with Gasteiger partial charge in [-0.05, 0) is 25.0 Å². The van der Waals surface area contributed by atoms with Crippen molar-refractivity contribution in [2.75, 3.05) is 0 Å². The van der Waals surface area contributed by atoms with Crippen LogP contribution in [0.5, 0.6) is 0 Å². The van der Waals surface area contributed by atoms with Crippen LogP contribution in [0.15, 0.2) is 108 Å². The maximum atomic E-state index is 6.51. The van der Waals surface area contributed by atoms with Gasteiger partial charge in [0.25, 0.3) is 0 Å². The molecule has 7 aromatic rings. The van der Waals surface area contributed by atoms with Gasteiger partial charge in [0, 0.05) is 34.2 Å². The smallest absolute Gasteiger partial charge is 0.178 e. The zero-order valence-electron chi connectivity index (χ0n) is 22.2. The van der Waals surface area contributed by atoms with Gasteiger partial charge in [-0.25, -0.2) is 9.97 Å². The van der Waals surface area contributed by atoms with E-state index in [0.29, 0.717) is 5.82 Å². The van der Waals surface area contributed by atoms with Crippen LogP contribution in [0.2, 0.25) is 0 Å². The Hall–Kier alpha value is -4.90. The Morgan fingerprint density at radius 3 is 2.21 bits per heavy atom. The summed E-state index contributed by atoms with van der Waals surface area (Å²) >= 11 is 0. The van der Waals surface area contributed by atoms with Crippen molar-refractivity contribution in [3.05, 3.63) is 115 Å². The van der Waals surface area contributed by atoms with E-state index in [9.17, 15) is 0 Å². The molecule has 5 heteroatoms. The molecule has 190 valence electrons. The highest BCUT2D eigenvalue weighted by atomic mass is 16.3. The first-order chi connectivity index (χ1) is 19.1. The van der Waals surface area contributed by atoms with E-state index in [-0.39, 0.29) is 5.92 Å². The summed E-state index contributed by atoms with van der Waals surface area (Å²) in [7, 11) is 0. The van der Waals surface area contributed by atoms with E-state index in [0.717, 1.165) is 55.9 Å². The van der Waals surface area contributed by atoms with Crippen LogP contribution >= 0.6 is 0 Å². The summed E-state index contributed by atoms with van der Waals surface area (Å²) in [5.41, 5.74) is 7.89. The molecule has 0 saturated heterocycles. The zero-order chi connectivity index (χ0) is 26.5. The van der Waals surface area contributed by atoms with Crippen LogP contribution in [0.25, 0.3) is 62.1 Å². The fourth-order valence-corrected chi connectivity index (χ4v) is 5.55. The van der Waals surface area contributed by atoms with Crippen LogP contribution < -0.4 is 0 Å². The summed E-state index contributed by atoms with van der Waals surface area (Å²) in [5, 5.41) is 2.21. The molecule has 3 aromatic carbocycles. The second-order valence-electron chi connectivity index (χ2n) is 10.1. The summed E-state index contributed by atoms with van der Waals surface area (Å²) in [5.74, 6) is 1.75. The van der Waals surface area contributed by atoms with E-state index >= 15 is 0 Å². The lowest BCUT2D eigenvalue weighted by Gasteiger charge is -2.13. The molecule has 5 nitrogen and oxygen atoms in total. The zero-order valence-corrected chi connectivity index (χ0v) is 22.2. The Balaban J connectivity index is 1.62.